The van der Waals surface area contributed by atoms with E-state index in [4.69, 9.17) is 0 Å². The van der Waals surface area contributed by atoms with Crippen molar-refractivity contribution in [1.29, 1.82) is 0 Å². The molecule has 2 aromatic rings. The molecule has 0 radical (unpaired) electrons. The second-order valence-corrected chi connectivity index (χ2v) is 7.23. The van der Waals surface area contributed by atoms with Crippen LogP contribution in [0, 0.1) is 5.92 Å². The number of hydrogen-bond donors (Lipinski definition) is 2. The zero-order chi connectivity index (χ0) is 19.6. The van der Waals surface area contributed by atoms with Crippen LogP contribution < -0.4 is 10.6 Å². The van der Waals surface area contributed by atoms with Gasteiger partial charge in [-0.15, -0.1) is 0 Å². The Kier molecular flexibility index (Phi) is 7.55. The number of carbonyl (C=O) groups is 2. The average Bonchev–Trinajstić information content (AvgIpc) is 2.74. The van der Waals surface area contributed by atoms with Gasteiger partial charge in [0.2, 0.25) is 11.8 Å². The predicted octanol–water partition coefficient (Wildman–Crippen LogP) is 2.12. The van der Waals surface area contributed by atoms with Gasteiger partial charge in [0.15, 0.2) is 0 Å². The molecule has 2 N–H and O–H groups in total. The zero-order valence-electron chi connectivity index (χ0n) is 16.1. The predicted molar refractivity (Wildman–Crippen MR) is 108 cm³/mol. The molecule has 0 bridgehead atoms. The van der Waals surface area contributed by atoms with Gasteiger partial charge in [-0.2, -0.15) is 0 Å². The van der Waals surface area contributed by atoms with Crippen LogP contribution in [0.25, 0.3) is 0 Å². The summed E-state index contributed by atoms with van der Waals surface area (Å²) in [4.78, 5) is 30.7. The van der Waals surface area contributed by atoms with Gasteiger partial charge in [-0.05, 0) is 42.6 Å². The number of piperidine rings is 1. The average molecular weight is 380 g/mol. The standard InChI is InChI=1S/C22H28N4O2/c27-21(25-15-18-8-11-23-12-9-18)10-13-24-22(28)20-7-4-14-26(17-20)16-19-5-2-1-3-6-19/h1-3,5-6,8-9,11-12,20H,4,7,10,13-17H2,(H,24,28)(H,25,27). The highest BCUT2D eigenvalue weighted by Crippen LogP contribution is 2.18. The Morgan fingerprint density at radius 1 is 1.04 bits per heavy atom. The van der Waals surface area contributed by atoms with Gasteiger partial charge < -0.3 is 10.6 Å². The lowest BCUT2D eigenvalue weighted by atomic mass is 9.96. The van der Waals surface area contributed by atoms with E-state index in [-0.39, 0.29) is 24.2 Å². The normalized spacial score (nSPS) is 17.1. The Hall–Kier alpha value is -2.73. The summed E-state index contributed by atoms with van der Waals surface area (Å²) < 4.78 is 0. The number of benzene rings is 1. The highest BCUT2D eigenvalue weighted by molar-refractivity contribution is 5.80. The largest absolute Gasteiger partial charge is 0.355 e. The number of rotatable bonds is 8. The lowest BCUT2D eigenvalue weighted by Crippen LogP contribution is -2.43. The van der Waals surface area contributed by atoms with Crippen molar-refractivity contribution >= 4 is 11.8 Å². The summed E-state index contributed by atoms with van der Waals surface area (Å²) in [6, 6.07) is 14.1. The molecule has 1 aromatic carbocycles. The van der Waals surface area contributed by atoms with Crippen LogP contribution in [0.4, 0.5) is 0 Å². The molecule has 1 aliphatic heterocycles. The molecule has 1 aliphatic rings. The van der Waals surface area contributed by atoms with Crippen LogP contribution in [0.1, 0.15) is 30.4 Å². The maximum Gasteiger partial charge on any atom is 0.224 e. The van der Waals surface area contributed by atoms with Gasteiger partial charge in [0, 0.05) is 45.0 Å². The highest BCUT2D eigenvalue weighted by atomic mass is 16.2. The van der Waals surface area contributed by atoms with Crippen molar-refractivity contribution < 1.29 is 9.59 Å². The summed E-state index contributed by atoms with van der Waals surface area (Å²) in [7, 11) is 0. The maximum atomic E-state index is 12.5. The van der Waals surface area contributed by atoms with Crippen molar-refractivity contribution in [2.75, 3.05) is 19.6 Å². The second-order valence-electron chi connectivity index (χ2n) is 7.23. The molecule has 1 fully saturated rings. The molecule has 148 valence electrons. The van der Waals surface area contributed by atoms with E-state index in [1.807, 2.05) is 30.3 Å². The molecule has 1 atom stereocenters. The van der Waals surface area contributed by atoms with E-state index < -0.39 is 0 Å². The number of hydrogen-bond acceptors (Lipinski definition) is 4. The van der Waals surface area contributed by atoms with E-state index in [0.717, 1.165) is 38.0 Å². The molecule has 6 nitrogen and oxygen atoms in total. The van der Waals surface area contributed by atoms with Crippen molar-refractivity contribution in [1.82, 2.24) is 20.5 Å². The third kappa shape index (κ3) is 6.46. The van der Waals surface area contributed by atoms with E-state index in [0.29, 0.717) is 13.1 Å². The highest BCUT2D eigenvalue weighted by Gasteiger charge is 2.25. The van der Waals surface area contributed by atoms with Crippen LogP contribution in [0.3, 0.4) is 0 Å². The van der Waals surface area contributed by atoms with Crippen LogP contribution in [0.2, 0.25) is 0 Å². The fourth-order valence-corrected chi connectivity index (χ4v) is 3.49. The number of nitrogens with zero attached hydrogens (tertiary/aromatic N) is 2. The van der Waals surface area contributed by atoms with E-state index in [1.54, 1.807) is 12.4 Å². The fourth-order valence-electron chi connectivity index (χ4n) is 3.49. The monoisotopic (exact) mass is 380 g/mol. The first kappa shape index (κ1) is 20.0. The minimum absolute atomic E-state index is 0.00246. The molecule has 2 amide bonds. The van der Waals surface area contributed by atoms with E-state index >= 15 is 0 Å². The van der Waals surface area contributed by atoms with Gasteiger partial charge in [-0.3, -0.25) is 19.5 Å². The molecule has 0 aliphatic carbocycles. The lowest BCUT2D eigenvalue weighted by Gasteiger charge is -2.32. The van der Waals surface area contributed by atoms with Crippen molar-refractivity contribution in [2.24, 2.45) is 5.92 Å². The molecule has 1 saturated heterocycles. The summed E-state index contributed by atoms with van der Waals surface area (Å²) in [6.45, 7) is 3.52. The second kappa shape index (κ2) is 10.6. The van der Waals surface area contributed by atoms with Crippen LogP contribution in [0.5, 0.6) is 0 Å². The minimum Gasteiger partial charge on any atom is -0.355 e. The number of aromatic nitrogens is 1. The molecular weight excluding hydrogens is 352 g/mol. The molecule has 6 heteroatoms. The Labute approximate surface area is 166 Å². The summed E-state index contributed by atoms with van der Waals surface area (Å²) in [5.74, 6) is -0.0106. The fraction of sp³-hybridized carbons (Fsp3) is 0.409. The number of likely N-dealkylation sites (tertiary alicyclic amines) is 1. The molecule has 28 heavy (non-hydrogen) atoms. The topological polar surface area (TPSA) is 74.3 Å². The van der Waals surface area contributed by atoms with Crippen LogP contribution in [-0.2, 0) is 22.7 Å². The quantitative estimate of drug-likeness (QED) is 0.736. The molecule has 1 aromatic heterocycles. The van der Waals surface area contributed by atoms with Crippen molar-refractivity contribution in [3.05, 3.63) is 66.0 Å². The number of carbonyl (C=O) groups excluding carboxylic acids is 2. The summed E-state index contributed by atoms with van der Waals surface area (Å²) in [5.41, 5.74) is 2.28. The van der Waals surface area contributed by atoms with E-state index in [1.165, 1.54) is 5.56 Å². The van der Waals surface area contributed by atoms with Crippen LogP contribution in [0.15, 0.2) is 54.9 Å². The van der Waals surface area contributed by atoms with E-state index in [2.05, 4.69) is 32.7 Å². The SMILES string of the molecule is O=C(CCNC(=O)C1CCCN(Cc2ccccc2)C1)NCc1ccncc1. The summed E-state index contributed by atoms with van der Waals surface area (Å²) >= 11 is 0. The van der Waals surface area contributed by atoms with Gasteiger partial charge in [0.1, 0.15) is 0 Å². The van der Waals surface area contributed by atoms with Crippen molar-refractivity contribution in [3.63, 3.8) is 0 Å². The van der Waals surface area contributed by atoms with Gasteiger partial charge in [0.05, 0.1) is 5.92 Å². The first-order chi connectivity index (χ1) is 13.7. The van der Waals surface area contributed by atoms with Gasteiger partial charge in [-0.25, -0.2) is 0 Å². The number of pyridine rings is 1. The first-order valence-electron chi connectivity index (χ1n) is 9.90. The Bertz CT molecular complexity index is 752. The zero-order valence-corrected chi connectivity index (χ0v) is 16.1. The van der Waals surface area contributed by atoms with Gasteiger partial charge in [0.25, 0.3) is 0 Å². The minimum atomic E-state index is -0.0635. The number of amides is 2. The van der Waals surface area contributed by atoms with E-state index in [9.17, 15) is 9.59 Å². The molecule has 2 heterocycles. The van der Waals surface area contributed by atoms with Crippen LogP contribution in [-0.4, -0.2) is 41.3 Å². The van der Waals surface area contributed by atoms with Crippen LogP contribution >= 0.6 is 0 Å². The number of nitrogens with one attached hydrogen (secondary N) is 2. The van der Waals surface area contributed by atoms with Crippen molar-refractivity contribution in [2.45, 2.75) is 32.4 Å². The van der Waals surface area contributed by atoms with Gasteiger partial charge in [-0.1, -0.05) is 30.3 Å². The Morgan fingerprint density at radius 3 is 2.61 bits per heavy atom. The van der Waals surface area contributed by atoms with Crippen molar-refractivity contribution in [3.8, 4) is 0 Å². The van der Waals surface area contributed by atoms with Gasteiger partial charge >= 0.3 is 0 Å². The first-order valence-corrected chi connectivity index (χ1v) is 9.90. The summed E-state index contributed by atoms with van der Waals surface area (Å²) in [6.07, 6.45) is 5.62. The molecule has 1 unspecified atom stereocenters. The smallest absolute Gasteiger partial charge is 0.224 e. The molecule has 0 saturated carbocycles. The molecule has 0 spiro atoms. The molecular formula is C22H28N4O2. The maximum absolute atomic E-state index is 12.5. The summed E-state index contributed by atoms with van der Waals surface area (Å²) in [5, 5.41) is 5.79. The Balaban J connectivity index is 1.35. The third-order valence-corrected chi connectivity index (χ3v) is 5.02. The lowest BCUT2D eigenvalue weighted by molar-refractivity contribution is -0.127. The third-order valence-electron chi connectivity index (χ3n) is 5.02. The Morgan fingerprint density at radius 2 is 1.82 bits per heavy atom. The molecule has 3 rings (SSSR count).